The van der Waals surface area contributed by atoms with Crippen LogP contribution in [0.3, 0.4) is 0 Å². The molecule has 0 aliphatic carbocycles. The van der Waals surface area contributed by atoms with Gasteiger partial charge in [0.05, 0.1) is 23.8 Å². The van der Waals surface area contributed by atoms with Crippen LogP contribution in [0.1, 0.15) is 31.8 Å². The first-order chi connectivity index (χ1) is 8.35. The van der Waals surface area contributed by atoms with Crippen LogP contribution in [-0.2, 0) is 10.9 Å². The lowest BCUT2D eigenvalue weighted by Gasteiger charge is -2.12. The number of benzene rings is 1. The third-order valence-electron chi connectivity index (χ3n) is 2.12. The van der Waals surface area contributed by atoms with Crippen molar-refractivity contribution in [2.24, 2.45) is 0 Å². The second-order valence-corrected chi connectivity index (χ2v) is 3.21. The third kappa shape index (κ3) is 2.48. The number of nitrogens with zero attached hydrogens (tertiary/aromatic N) is 1. The number of hydrogen-bond donors (Lipinski definition) is 0. The van der Waals surface area contributed by atoms with Gasteiger partial charge in [0.25, 0.3) is 0 Å². The number of methoxy groups -OCH3 is 1. The normalized spacial score (nSPS) is 10.6. The van der Waals surface area contributed by atoms with E-state index in [9.17, 15) is 22.8 Å². The zero-order chi connectivity index (χ0) is 13.9. The van der Waals surface area contributed by atoms with Crippen molar-refractivity contribution in [3.63, 3.8) is 0 Å². The Morgan fingerprint density at radius 2 is 2.06 bits per heavy atom. The van der Waals surface area contributed by atoms with E-state index in [1.165, 1.54) is 6.07 Å². The molecule has 1 aromatic rings. The maximum absolute atomic E-state index is 12.7. The standard InChI is InChI=1S/C11H6F3NO3/c1-18-10(17)7-2-6(5-16)3-9(8(7)4-15)11(12,13)14/h2-3,5H,1H3. The second-order valence-electron chi connectivity index (χ2n) is 3.21. The van der Waals surface area contributed by atoms with E-state index in [1.807, 2.05) is 0 Å². The summed E-state index contributed by atoms with van der Waals surface area (Å²) in [4.78, 5) is 21.8. The minimum absolute atomic E-state index is 0.156. The van der Waals surface area contributed by atoms with Crippen molar-refractivity contribution in [1.29, 1.82) is 5.26 Å². The van der Waals surface area contributed by atoms with Crippen LogP contribution in [0.4, 0.5) is 13.2 Å². The van der Waals surface area contributed by atoms with Crippen LogP contribution in [0.25, 0.3) is 0 Å². The SMILES string of the molecule is COC(=O)c1cc(C=O)cc(C(F)(F)F)c1C#N. The van der Waals surface area contributed by atoms with Crippen LogP contribution >= 0.6 is 0 Å². The van der Waals surface area contributed by atoms with Gasteiger partial charge in [0.2, 0.25) is 0 Å². The van der Waals surface area contributed by atoms with Gasteiger partial charge in [0, 0.05) is 5.56 Å². The lowest BCUT2D eigenvalue weighted by Crippen LogP contribution is -2.14. The van der Waals surface area contributed by atoms with Crippen molar-refractivity contribution in [2.75, 3.05) is 7.11 Å². The minimum Gasteiger partial charge on any atom is -0.465 e. The fourth-order valence-electron chi connectivity index (χ4n) is 1.35. The van der Waals surface area contributed by atoms with Crippen LogP contribution in [0.2, 0.25) is 0 Å². The molecule has 0 amide bonds. The summed E-state index contributed by atoms with van der Waals surface area (Å²) in [7, 11) is 0.963. The molecular formula is C11H6F3NO3. The van der Waals surface area contributed by atoms with E-state index in [2.05, 4.69) is 4.74 Å². The number of rotatable bonds is 2. The molecule has 0 aliphatic rings. The van der Waals surface area contributed by atoms with Crippen molar-refractivity contribution in [2.45, 2.75) is 6.18 Å². The number of aldehydes is 1. The summed E-state index contributed by atoms with van der Waals surface area (Å²) in [6.07, 6.45) is -4.68. The Balaban J connectivity index is 3.67. The van der Waals surface area contributed by atoms with Crippen molar-refractivity contribution >= 4 is 12.3 Å². The Kier molecular flexibility index (Phi) is 3.71. The van der Waals surface area contributed by atoms with Gasteiger partial charge >= 0.3 is 12.1 Å². The van der Waals surface area contributed by atoms with Crippen LogP contribution in [0, 0.1) is 11.3 Å². The van der Waals surface area contributed by atoms with E-state index in [1.54, 1.807) is 0 Å². The summed E-state index contributed by atoms with van der Waals surface area (Å²) in [6.45, 7) is 0. The highest BCUT2D eigenvalue weighted by atomic mass is 19.4. The Labute approximate surface area is 99.6 Å². The number of esters is 1. The molecule has 0 atom stereocenters. The number of alkyl halides is 3. The van der Waals surface area contributed by atoms with Gasteiger partial charge in [0.1, 0.15) is 12.4 Å². The molecule has 0 fully saturated rings. The molecule has 0 heterocycles. The van der Waals surface area contributed by atoms with E-state index in [0.717, 1.165) is 13.2 Å². The maximum Gasteiger partial charge on any atom is 0.417 e. The number of carbonyl (C=O) groups excluding carboxylic acids is 2. The van der Waals surface area contributed by atoms with Crippen LogP contribution in [0.15, 0.2) is 12.1 Å². The van der Waals surface area contributed by atoms with Crippen molar-refractivity contribution in [3.8, 4) is 6.07 Å². The molecule has 0 N–H and O–H groups in total. The highest BCUT2D eigenvalue weighted by Gasteiger charge is 2.36. The molecule has 18 heavy (non-hydrogen) atoms. The minimum atomic E-state index is -4.84. The van der Waals surface area contributed by atoms with Crippen molar-refractivity contribution in [1.82, 2.24) is 0 Å². The summed E-state index contributed by atoms with van der Waals surface area (Å²) in [5.41, 5.74) is -3.14. The van der Waals surface area contributed by atoms with Gasteiger partial charge in [-0.15, -0.1) is 0 Å². The number of ether oxygens (including phenoxy) is 1. The first-order valence-corrected chi connectivity index (χ1v) is 4.54. The topological polar surface area (TPSA) is 67.2 Å². The zero-order valence-electron chi connectivity index (χ0n) is 9.04. The molecule has 0 aromatic heterocycles. The first kappa shape index (κ1) is 13.7. The molecule has 0 spiro atoms. The lowest BCUT2D eigenvalue weighted by atomic mass is 9.98. The van der Waals surface area contributed by atoms with Crippen molar-refractivity contribution < 1.29 is 27.5 Å². The predicted molar refractivity (Wildman–Crippen MR) is 52.9 cm³/mol. The van der Waals surface area contributed by atoms with E-state index in [-0.39, 0.29) is 11.8 Å². The van der Waals surface area contributed by atoms with Gasteiger partial charge in [-0.3, -0.25) is 4.79 Å². The summed E-state index contributed by atoms with van der Waals surface area (Å²) in [5, 5.41) is 8.72. The van der Waals surface area contributed by atoms with Gasteiger partial charge < -0.3 is 4.74 Å². The molecule has 7 heteroatoms. The van der Waals surface area contributed by atoms with Gasteiger partial charge in [0.15, 0.2) is 0 Å². The van der Waals surface area contributed by atoms with E-state index in [4.69, 9.17) is 5.26 Å². The quantitative estimate of drug-likeness (QED) is 0.601. The third-order valence-corrected chi connectivity index (χ3v) is 2.12. The molecule has 0 saturated heterocycles. The summed E-state index contributed by atoms with van der Waals surface area (Å²) in [6, 6.07) is 2.69. The Morgan fingerprint density at radius 3 is 2.44 bits per heavy atom. The average molecular weight is 257 g/mol. The first-order valence-electron chi connectivity index (χ1n) is 4.54. The number of carbonyl (C=O) groups is 2. The fourth-order valence-corrected chi connectivity index (χ4v) is 1.35. The number of nitriles is 1. The van der Waals surface area contributed by atoms with E-state index >= 15 is 0 Å². The van der Waals surface area contributed by atoms with Gasteiger partial charge in [-0.1, -0.05) is 0 Å². The second kappa shape index (κ2) is 4.87. The molecule has 94 valence electrons. The van der Waals surface area contributed by atoms with Crippen LogP contribution < -0.4 is 0 Å². The van der Waals surface area contributed by atoms with Gasteiger partial charge in [-0.2, -0.15) is 18.4 Å². The van der Waals surface area contributed by atoms with E-state index < -0.39 is 28.8 Å². The maximum atomic E-state index is 12.7. The fraction of sp³-hybridized carbons (Fsp3) is 0.182. The Bertz CT molecular complexity index is 544. The van der Waals surface area contributed by atoms with E-state index in [0.29, 0.717) is 6.07 Å². The smallest absolute Gasteiger partial charge is 0.417 e. The van der Waals surface area contributed by atoms with Crippen LogP contribution in [0.5, 0.6) is 0 Å². The highest BCUT2D eigenvalue weighted by molar-refractivity contribution is 5.95. The molecule has 0 unspecified atom stereocenters. The molecule has 0 aliphatic heterocycles. The molecular weight excluding hydrogens is 251 g/mol. The molecule has 0 saturated carbocycles. The van der Waals surface area contributed by atoms with Gasteiger partial charge in [-0.05, 0) is 12.1 Å². The zero-order valence-corrected chi connectivity index (χ0v) is 9.04. The largest absolute Gasteiger partial charge is 0.465 e. The number of hydrogen-bond acceptors (Lipinski definition) is 4. The molecule has 1 rings (SSSR count). The molecule has 0 radical (unpaired) electrons. The van der Waals surface area contributed by atoms with Crippen molar-refractivity contribution in [3.05, 3.63) is 34.4 Å². The summed E-state index contributed by atoms with van der Waals surface area (Å²) < 4.78 is 42.3. The van der Waals surface area contributed by atoms with Gasteiger partial charge in [-0.25, -0.2) is 4.79 Å². The summed E-state index contributed by atoms with van der Waals surface area (Å²) in [5.74, 6) is -1.11. The monoisotopic (exact) mass is 257 g/mol. The highest BCUT2D eigenvalue weighted by Crippen LogP contribution is 2.34. The Morgan fingerprint density at radius 1 is 1.44 bits per heavy atom. The number of halogens is 3. The average Bonchev–Trinajstić information content (AvgIpc) is 2.34. The molecule has 1 aromatic carbocycles. The lowest BCUT2D eigenvalue weighted by molar-refractivity contribution is -0.137. The molecule has 4 nitrogen and oxygen atoms in total. The Hall–Kier alpha value is -2.36. The van der Waals surface area contributed by atoms with Crippen LogP contribution in [-0.4, -0.2) is 19.4 Å². The summed E-state index contributed by atoms with van der Waals surface area (Å²) >= 11 is 0. The predicted octanol–water partition coefficient (Wildman–Crippen LogP) is 2.18. The molecule has 0 bridgehead atoms.